The summed E-state index contributed by atoms with van der Waals surface area (Å²) in [5.74, 6) is -0.489. The zero-order valence-electron chi connectivity index (χ0n) is 11.4. The summed E-state index contributed by atoms with van der Waals surface area (Å²) in [6, 6.07) is 0. The summed E-state index contributed by atoms with van der Waals surface area (Å²) in [5.41, 5.74) is 1.44. The molecule has 1 amide bonds. The summed E-state index contributed by atoms with van der Waals surface area (Å²) in [5, 5.41) is 8.77. The van der Waals surface area contributed by atoms with E-state index in [1.54, 1.807) is 4.90 Å². The third kappa shape index (κ3) is 4.69. The molecule has 0 heterocycles. The lowest BCUT2D eigenvalue weighted by Gasteiger charge is -2.23. The Balaban J connectivity index is 1.83. The van der Waals surface area contributed by atoms with Crippen LogP contribution in [-0.4, -0.2) is 35.0 Å². The molecular weight excluding hydrogens is 242 g/mol. The molecule has 0 unspecified atom stereocenters. The van der Waals surface area contributed by atoms with Crippen LogP contribution in [0.15, 0.2) is 11.6 Å². The normalized spacial score (nSPS) is 18.8. The summed E-state index contributed by atoms with van der Waals surface area (Å²) in [6.45, 7) is 1.05. The number of nitrogens with zero attached hydrogens (tertiary/aromatic N) is 1. The maximum Gasteiger partial charge on any atom is 0.305 e. The lowest BCUT2D eigenvalue weighted by molar-refractivity contribution is -0.138. The van der Waals surface area contributed by atoms with Crippen LogP contribution in [0.3, 0.4) is 0 Å². The molecule has 0 bridgehead atoms. The van der Waals surface area contributed by atoms with Gasteiger partial charge in [0.15, 0.2) is 0 Å². The van der Waals surface area contributed by atoms with Crippen LogP contribution >= 0.6 is 0 Å². The largest absolute Gasteiger partial charge is 0.481 e. The van der Waals surface area contributed by atoms with Crippen molar-refractivity contribution in [3.8, 4) is 0 Å². The first-order chi connectivity index (χ1) is 9.16. The highest BCUT2D eigenvalue weighted by atomic mass is 16.4. The Morgan fingerprint density at radius 3 is 2.63 bits per heavy atom. The number of aliphatic carboxylic acids is 1. The molecule has 0 radical (unpaired) electrons. The van der Waals surface area contributed by atoms with Crippen molar-refractivity contribution < 1.29 is 14.7 Å². The molecule has 0 aliphatic heterocycles. The zero-order chi connectivity index (χ0) is 13.7. The van der Waals surface area contributed by atoms with Gasteiger partial charge in [0, 0.05) is 19.0 Å². The van der Waals surface area contributed by atoms with Crippen molar-refractivity contribution in [2.75, 3.05) is 13.1 Å². The number of allylic oxidation sites excluding steroid dienone is 1. The number of rotatable bonds is 7. The van der Waals surface area contributed by atoms with Gasteiger partial charge >= 0.3 is 5.97 Å². The van der Waals surface area contributed by atoms with E-state index in [0.29, 0.717) is 13.1 Å². The van der Waals surface area contributed by atoms with Crippen LogP contribution < -0.4 is 0 Å². The molecule has 0 aromatic carbocycles. The van der Waals surface area contributed by atoms with E-state index in [9.17, 15) is 9.59 Å². The van der Waals surface area contributed by atoms with Crippen molar-refractivity contribution >= 4 is 11.9 Å². The second-order valence-electron chi connectivity index (χ2n) is 5.60. The van der Waals surface area contributed by atoms with Crippen LogP contribution in [0, 0.1) is 5.92 Å². The zero-order valence-corrected chi connectivity index (χ0v) is 11.4. The van der Waals surface area contributed by atoms with E-state index in [1.165, 1.54) is 18.4 Å². The van der Waals surface area contributed by atoms with Crippen molar-refractivity contribution in [1.82, 2.24) is 4.90 Å². The topological polar surface area (TPSA) is 57.6 Å². The number of carboxylic acids is 1. The second-order valence-corrected chi connectivity index (χ2v) is 5.60. The minimum Gasteiger partial charge on any atom is -0.481 e. The summed E-state index contributed by atoms with van der Waals surface area (Å²) in [7, 11) is 0. The predicted octanol–water partition coefficient (Wildman–Crippen LogP) is 2.59. The Morgan fingerprint density at radius 2 is 2.05 bits per heavy atom. The van der Waals surface area contributed by atoms with E-state index in [-0.39, 0.29) is 18.2 Å². The van der Waals surface area contributed by atoms with Gasteiger partial charge in [0.2, 0.25) is 5.91 Å². The molecule has 2 aliphatic rings. The maximum atomic E-state index is 12.1. The van der Waals surface area contributed by atoms with E-state index >= 15 is 0 Å². The molecule has 1 N–H and O–H groups in total. The van der Waals surface area contributed by atoms with Gasteiger partial charge in [0.25, 0.3) is 0 Å². The van der Waals surface area contributed by atoms with E-state index in [2.05, 4.69) is 6.08 Å². The van der Waals surface area contributed by atoms with Gasteiger partial charge in [-0.25, -0.2) is 0 Å². The second kappa shape index (κ2) is 6.73. The van der Waals surface area contributed by atoms with Crippen LogP contribution in [-0.2, 0) is 9.59 Å². The van der Waals surface area contributed by atoms with Crippen LogP contribution in [0.2, 0.25) is 0 Å². The molecule has 0 atom stereocenters. The van der Waals surface area contributed by atoms with Crippen molar-refractivity contribution in [1.29, 1.82) is 0 Å². The number of hydrogen-bond donors (Lipinski definition) is 1. The smallest absolute Gasteiger partial charge is 0.305 e. The van der Waals surface area contributed by atoms with E-state index in [0.717, 1.165) is 32.1 Å². The first-order valence-electron chi connectivity index (χ1n) is 7.35. The first-order valence-corrected chi connectivity index (χ1v) is 7.35. The fraction of sp³-hybridized carbons (Fsp3) is 0.733. The van der Waals surface area contributed by atoms with Gasteiger partial charge in [-0.1, -0.05) is 11.6 Å². The molecule has 0 aromatic heterocycles. The van der Waals surface area contributed by atoms with Crippen LogP contribution in [0.1, 0.15) is 51.4 Å². The molecule has 2 rings (SSSR count). The van der Waals surface area contributed by atoms with Gasteiger partial charge in [-0.3, -0.25) is 9.59 Å². The molecule has 0 aromatic rings. The molecule has 4 heteroatoms. The lowest BCUT2D eigenvalue weighted by Crippen LogP contribution is -2.35. The molecule has 106 valence electrons. The highest BCUT2D eigenvalue weighted by Gasteiger charge is 2.33. The molecule has 1 fully saturated rings. The van der Waals surface area contributed by atoms with Gasteiger partial charge < -0.3 is 10.0 Å². The lowest BCUT2D eigenvalue weighted by atomic mass is 9.97. The van der Waals surface area contributed by atoms with Crippen LogP contribution in [0.5, 0.6) is 0 Å². The number of amides is 1. The van der Waals surface area contributed by atoms with Crippen LogP contribution in [0.4, 0.5) is 0 Å². The third-order valence-corrected chi connectivity index (χ3v) is 3.92. The molecule has 4 nitrogen and oxygen atoms in total. The molecule has 1 saturated carbocycles. The van der Waals surface area contributed by atoms with Gasteiger partial charge in [-0.2, -0.15) is 0 Å². The quantitative estimate of drug-likeness (QED) is 0.720. The van der Waals surface area contributed by atoms with Crippen LogP contribution in [0.25, 0.3) is 0 Å². The monoisotopic (exact) mass is 265 g/mol. The van der Waals surface area contributed by atoms with E-state index in [4.69, 9.17) is 5.11 Å². The third-order valence-electron chi connectivity index (χ3n) is 3.92. The molecule has 0 spiro atoms. The van der Waals surface area contributed by atoms with E-state index in [1.807, 2.05) is 0 Å². The number of hydrogen-bond acceptors (Lipinski definition) is 2. The van der Waals surface area contributed by atoms with Gasteiger partial charge in [-0.15, -0.1) is 0 Å². The number of carboxylic acid groups (broad SMARTS) is 1. The Kier molecular flexibility index (Phi) is 5.00. The highest BCUT2D eigenvalue weighted by molar-refractivity contribution is 5.81. The van der Waals surface area contributed by atoms with Crippen molar-refractivity contribution in [3.05, 3.63) is 11.6 Å². The minimum absolute atomic E-state index is 0.0531. The summed E-state index contributed by atoms with van der Waals surface area (Å²) < 4.78 is 0. The van der Waals surface area contributed by atoms with Crippen molar-refractivity contribution in [2.24, 2.45) is 5.92 Å². The Hall–Kier alpha value is -1.32. The van der Waals surface area contributed by atoms with Gasteiger partial charge in [0.1, 0.15) is 0 Å². The average molecular weight is 265 g/mol. The molecular formula is C15H23NO3. The molecule has 0 saturated heterocycles. The average Bonchev–Trinajstić information content (AvgIpc) is 3.23. The van der Waals surface area contributed by atoms with Crippen molar-refractivity contribution in [2.45, 2.75) is 51.4 Å². The standard InChI is InChI=1S/C15H23NO3/c17-14(18)9-11-16(15(19)13-6-7-13)10-8-12-4-2-1-3-5-12/h4,13H,1-3,5-11H2,(H,17,18). The fourth-order valence-corrected chi connectivity index (χ4v) is 2.56. The highest BCUT2D eigenvalue weighted by Crippen LogP contribution is 2.31. The Bertz CT molecular complexity index is 372. The van der Waals surface area contributed by atoms with Gasteiger partial charge in [-0.05, 0) is 44.9 Å². The maximum absolute atomic E-state index is 12.1. The Morgan fingerprint density at radius 1 is 1.26 bits per heavy atom. The molecule has 19 heavy (non-hydrogen) atoms. The number of carbonyl (C=O) groups excluding carboxylic acids is 1. The van der Waals surface area contributed by atoms with Gasteiger partial charge in [0.05, 0.1) is 6.42 Å². The summed E-state index contributed by atoms with van der Waals surface area (Å²) in [6.07, 6.45) is 10.0. The SMILES string of the molecule is O=C(O)CCN(CCC1=CCCCC1)C(=O)C1CC1. The number of carbonyl (C=O) groups is 2. The minimum atomic E-state index is -0.828. The van der Waals surface area contributed by atoms with Crippen molar-refractivity contribution in [3.63, 3.8) is 0 Å². The van der Waals surface area contributed by atoms with E-state index < -0.39 is 5.97 Å². The fourth-order valence-electron chi connectivity index (χ4n) is 2.56. The first kappa shape index (κ1) is 14.1. The summed E-state index contributed by atoms with van der Waals surface area (Å²) >= 11 is 0. The predicted molar refractivity (Wildman–Crippen MR) is 72.7 cm³/mol. The summed E-state index contributed by atoms with van der Waals surface area (Å²) in [4.78, 5) is 24.5. The Labute approximate surface area is 114 Å². The molecule has 2 aliphatic carbocycles.